The number of rotatable bonds is 4. The summed E-state index contributed by atoms with van der Waals surface area (Å²) in [5.74, 6) is 1.31. The predicted octanol–water partition coefficient (Wildman–Crippen LogP) is 3.29. The molecule has 0 atom stereocenters. The molecule has 5 nitrogen and oxygen atoms in total. The monoisotopic (exact) mass is 341 g/mol. The molecule has 1 aromatic carbocycles. The van der Waals surface area contributed by atoms with Crippen LogP contribution in [-0.4, -0.2) is 22.0 Å². The largest absolute Gasteiger partial charge is 0.352 e. The van der Waals surface area contributed by atoms with Gasteiger partial charge in [0.15, 0.2) is 0 Å². The van der Waals surface area contributed by atoms with Gasteiger partial charge in [-0.25, -0.2) is 4.98 Å². The Bertz CT molecular complexity index is 824. The van der Waals surface area contributed by atoms with Crippen LogP contribution in [-0.2, 0) is 13.0 Å². The standard InChI is InChI=1S/C20H27N3O2/c1-14(2)10-11-21-19(24)15-8-9-16-17(13-15)22-18-7-5-3-4-6-12-23(18)20(16)25/h8-9,13-14H,3-7,10-12H2,1-2H3,(H,21,24). The molecule has 0 unspecified atom stereocenters. The van der Waals surface area contributed by atoms with E-state index >= 15 is 0 Å². The van der Waals surface area contributed by atoms with Gasteiger partial charge in [0.2, 0.25) is 0 Å². The Labute approximate surface area is 148 Å². The molecule has 1 aliphatic heterocycles. The molecule has 0 aliphatic carbocycles. The number of aryl methyl sites for hydroxylation is 1. The minimum Gasteiger partial charge on any atom is -0.352 e. The topological polar surface area (TPSA) is 64.0 Å². The van der Waals surface area contributed by atoms with Crippen LogP contribution < -0.4 is 10.9 Å². The van der Waals surface area contributed by atoms with E-state index < -0.39 is 0 Å². The molecule has 0 bridgehead atoms. The van der Waals surface area contributed by atoms with Crippen LogP contribution in [0.5, 0.6) is 0 Å². The van der Waals surface area contributed by atoms with Gasteiger partial charge in [-0.05, 0) is 43.4 Å². The molecule has 5 heteroatoms. The SMILES string of the molecule is CC(C)CCNC(=O)c1ccc2c(=O)n3c(nc2c1)CCCCCC3. The molecule has 25 heavy (non-hydrogen) atoms. The highest BCUT2D eigenvalue weighted by atomic mass is 16.1. The molecular formula is C20H27N3O2. The summed E-state index contributed by atoms with van der Waals surface area (Å²) in [7, 11) is 0. The fourth-order valence-corrected chi connectivity index (χ4v) is 3.31. The van der Waals surface area contributed by atoms with Gasteiger partial charge in [-0.15, -0.1) is 0 Å². The van der Waals surface area contributed by atoms with Gasteiger partial charge >= 0.3 is 0 Å². The number of fused-ring (bicyclic) bond motifs is 2. The fourth-order valence-electron chi connectivity index (χ4n) is 3.31. The first-order valence-corrected chi connectivity index (χ1v) is 9.38. The van der Waals surface area contributed by atoms with Crippen LogP contribution in [0.2, 0.25) is 0 Å². The van der Waals surface area contributed by atoms with Gasteiger partial charge in [0, 0.05) is 25.1 Å². The highest BCUT2D eigenvalue weighted by molar-refractivity contribution is 5.97. The smallest absolute Gasteiger partial charge is 0.261 e. The zero-order chi connectivity index (χ0) is 17.8. The van der Waals surface area contributed by atoms with Gasteiger partial charge in [-0.2, -0.15) is 0 Å². The lowest BCUT2D eigenvalue weighted by molar-refractivity contribution is 0.0952. The van der Waals surface area contributed by atoms with E-state index in [1.54, 1.807) is 18.2 Å². The van der Waals surface area contributed by atoms with E-state index in [0.29, 0.717) is 28.9 Å². The van der Waals surface area contributed by atoms with Crippen molar-refractivity contribution in [1.29, 1.82) is 0 Å². The van der Waals surface area contributed by atoms with E-state index in [2.05, 4.69) is 19.2 Å². The zero-order valence-electron chi connectivity index (χ0n) is 15.2. The molecule has 1 N–H and O–H groups in total. The third-order valence-corrected chi connectivity index (χ3v) is 4.84. The maximum Gasteiger partial charge on any atom is 0.261 e. The van der Waals surface area contributed by atoms with E-state index in [4.69, 9.17) is 4.98 Å². The number of benzene rings is 1. The molecule has 0 radical (unpaired) electrons. The number of amides is 1. The quantitative estimate of drug-likeness (QED) is 0.928. The summed E-state index contributed by atoms with van der Waals surface area (Å²) in [4.78, 5) is 29.8. The maximum absolute atomic E-state index is 12.8. The highest BCUT2D eigenvalue weighted by Gasteiger charge is 2.14. The minimum absolute atomic E-state index is 0.0219. The normalized spacial score (nSPS) is 14.8. The lowest BCUT2D eigenvalue weighted by Gasteiger charge is -2.16. The number of hydrogen-bond acceptors (Lipinski definition) is 3. The molecule has 0 fully saturated rings. The van der Waals surface area contributed by atoms with Crippen LogP contribution in [0.4, 0.5) is 0 Å². The molecule has 2 heterocycles. The van der Waals surface area contributed by atoms with E-state index in [1.165, 1.54) is 12.8 Å². The van der Waals surface area contributed by atoms with Gasteiger partial charge in [-0.1, -0.05) is 26.7 Å². The molecule has 0 spiro atoms. The minimum atomic E-state index is -0.101. The van der Waals surface area contributed by atoms with Gasteiger partial charge in [0.25, 0.3) is 11.5 Å². The third-order valence-electron chi connectivity index (χ3n) is 4.84. The first kappa shape index (κ1) is 17.6. The van der Waals surface area contributed by atoms with Crippen LogP contribution in [0.1, 0.15) is 62.1 Å². The van der Waals surface area contributed by atoms with Crippen molar-refractivity contribution in [2.45, 2.75) is 58.9 Å². The van der Waals surface area contributed by atoms with Crippen molar-refractivity contribution in [3.05, 3.63) is 39.9 Å². The van der Waals surface area contributed by atoms with Crippen molar-refractivity contribution in [2.75, 3.05) is 6.54 Å². The summed E-state index contributed by atoms with van der Waals surface area (Å²) in [5.41, 5.74) is 1.22. The Kier molecular flexibility index (Phi) is 5.51. The Morgan fingerprint density at radius 3 is 2.84 bits per heavy atom. The Hall–Kier alpha value is -2.17. The van der Waals surface area contributed by atoms with Crippen molar-refractivity contribution in [1.82, 2.24) is 14.9 Å². The number of hydrogen-bond donors (Lipinski definition) is 1. The second-order valence-electron chi connectivity index (χ2n) is 7.32. The van der Waals surface area contributed by atoms with Gasteiger partial charge in [0.1, 0.15) is 5.82 Å². The summed E-state index contributed by atoms with van der Waals surface area (Å²) in [6, 6.07) is 5.22. The summed E-state index contributed by atoms with van der Waals surface area (Å²) in [5, 5.41) is 3.54. The third kappa shape index (κ3) is 4.09. The molecular weight excluding hydrogens is 314 g/mol. The molecule has 134 valence electrons. The molecule has 2 aromatic rings. The first-order valence-electron chi connectivity index (χ1n) is 9.38. The van der Waals surface area contributed by atoms with Gasteiger partial charge in [-0.3, -0.25) is 14.2 Å². The molecule has 0 saturated heterocycles. The average molecular weight is 341 g/mol. The Balaban J connectivity index is 1.90. The van der Waals surface area contributed by atoms with Crippen molar-refractivity contribution < 1.29 is 4.79 Å². The molecule has 1 aromatic heterocycles. The Morgan fingerprint density at radius 1 is 1.24 bits per heavy atom. The van der Waals surface area contributed by atoms with Crippen molar-refractivity contribution in [3.63, 3.8) is 0 Å². The second-order valence-corrected chi connectivity index (χ2v) is 7.32. The molecule has 0 saturated carbocycles. The van der Waals surface area contributed by atoms with E-state index in [-0.39, 0.29) is 11.5 Å². The fraction of sp³-hybridized carbons (Fsp3) is 0.550. The summed E-state index contributed by atoms with van der Waals surface area (Å²) < 4.78 is 1.82. The summed E-state index contributed by atoms with van der Waals surface area (Å²) >= 11 is 0. The maximum atomic E-state index is 12.8. The zero-order valence-corrected chi connectivity index (χ0v) is 15.2. The number of carbonyl (C=O) groups excluding carboxylic acids is 1. The van der Waals surface area contributed by atoms with Gasteiger partial charge < -0.3 is 5.32 Å². The number of carbonyl (C=O) groups is 1. The van der Waals surface area contributed by atoms with Crippen molar-refractivity contribution in [2.24, 2.45) is 5.92 Å². The first-order chi connectivity index (χ1) is 12.1. The van der Waals surface area contributed by atoms with Crippen LogP contribution in [0.15, 0.2) is 23.0 Å². The lowest BCUT2D eigenvalue weighted by atomic mass is 10.1. The lowest BCUT2D eigenvalue weighted by Crippen LogP contribution is -2.27. The van der Waals surface area contributed by atoms with E-state index in [0.717, 1.165) is 38.1 Å². The van der Waals surface area contributed by atoms with Gasteiger partial charge in [0.05, 0.1) is 10.9 Å². The molecule has 3 rings (SSSR count). The van der Waals surface area contributed by atoms with Crippen molar-refractivity contribution >= 4 is 16.8 Å². The molecule has 1 amide bonds. The number of aromatic nitrogens is 2. The molecule has 1 aliphatic rings. The van der Waals surface area contributed by atoms with Crippen LogP contribution >= 0.6 is 0 Å². The summed E-state index contributed by atoms with van der Waals surface area (Å²) in [6.07, 6.45) is 6.22. The van der Waals surface area contributed by atoms with Crippen LogP contribution in [0, 0.1) is 5.92 Å². The number of nitrogens with one attached hydrogen (secondary N) is 1. The van der Waals surface area contributed by atoms with Crippen molar-refractivity contribution in [3.8, 4) is 0 Å². The Morgan fingerprint density at radius 2 is 2.04 bits per heavy atom. The van der Waals surface area contributed by atoms with Crippen LogP contribution in [0.25, 0.3) is 10.9 Å². The average Bonchev–Trinajstić information content (AvgIpc) is 2.56. The summed E-state index contributed by atoms with van der Waals surface area (Å²) in [6.45, 7) is 5.67. The van der Waals surface area contributed by atoms with Crippen LogP contribution in [0.3, 0.4) is 0 Å². The second kappa shape index (κ2) is 7.81. The highest BCUT2D eigenvalue weighted by Crippen LogP contribution is 2.16. The van der Waals surface area contributed by atoms with E-state index in [9.17, 15) is 9.59 Å². The number of nitrogens with zero attached hydrogens (tertiary/aromatic N) is 2. The van der Waals surface area contributed by atoms with E-state index in [1.807, 2.05) is 4.57 Å². The predicted molar refractivity (Wildman–Crippen MR) is 100.0 cm³/mol.